The molecule has 5 nitrogen and oxygen atoms in total. The molecule has 0 aliphatic heterocycles. The van der Waals surface area contributed by atoms with Crippen LogP contribution in [0.15, 0.2) is 82.7 Å². The molecule has 4 rings (SSSR count). The van der Waals surface area contributed by atoms with Crippen molar-refractivity contribution < 1.29 is 4.79 Å². The first-order valence-corrected chi connectivity index (χ1v) is 11.2. The Balaban J connectivity index is 1.74. The van der Waals surface area contributed by atoms with Gasteiger partial charge in [0.25, 0.3) is 5.91 Å². The summed E-state index contributed by atoms with van der Waals surface area (Å²) in [6, 6.07) is 21.8. The number of nitrogens with two attached hydrogens (primary N) is 1. The number of rotatable bonds is 5. The quantitative estimate of drug-likeness (QED) is 0.309. The van der Waals surface area contributed by atoms with E-state index < -0.39 is 0 Å². The van der Waals surface area contributed by atoms with Crippen LogP contribution >= 0.6 is 35.0 Å². The minimum atomic E-state index is -0.335. The Morgan fingerprint density at radius 3 is 2.09 bits per heavy atom. The van der Waals surface area contributed by atoms with Crippen LogP contribution in [0, 0.1) is 6.92 Å². The summed E-state index contributed by atoms with van der Waals surface area (Å²) in [7, 11) is 0. The maximum atomic E-state index is 12.8. The number of benzene rings is 3. The highest BCUT2D eigenvalue weighted by Gasteiger charge is 2.18. The summed E-state index contributed by atoms with van der Waals surface area (Å²) < 4.78 is 0. The van der Waals surface area contributed by atoms with Crippen LogP contribution in [0.3, 0.4) is 0 Å². The Bertz CT molecular complexity index is 1260. The van der Waals surface area contributed by atoms with E-state index >= 15 is 0 Å². The Morgan fingerprint density at radius 2 is 1.47 bits per heavy atom. The van der Waals surface area contributed by atoms with Gasteiger partial charge in [-0.05, 0) is 55.5 Å². The van der Waals surface area contributed by atoms with Crippen LogP contribution in [0.4, 0.5) is 11.5 Å². The highest BCUT2D eigenvalue weighted by molar-refractivity contribution is 7.99. The Labute approximate surface area is 200 Å². The minimum absolute atomic E-state index is 0.175. The molecule has 0 radical (unpaired) electrons. The zero-order valence-corrected chi connectivity index (χ0v) is 19.3. The number of hydrogen-bond acceptors (Lipinski definition) is 5. The fourth-order valence-corrected chi connectivity index (χ4v) is 4.02. The first-order valence-electron chi connectivity index (χ1n) is 9.64. The molecule has 0 saturated heterocycles. The molecule has 0 aliphatic rings. The number of carbonyl (C=O) groups is 1. The number of halogens is 2. The molecule has 0 atom stereocenters. The number of aromatic nitrogens is 2. The predicted molar refractivity (Wildman–Crippen MR) is 132 cm³/mol. The van der Waals surface area contributed by atoms with Crippen LogP contribution in [-0.2, 0) is 0 Å². The van der Waals surface area contributed by atoms with Gasteiger partial charge in [-0.15, -0.1) is 0 Å². The van der Waals surface area contributed by atoms with E-state index in [2.05, 4.69) is 10.3 Å². The van der Waals surface area contributed by atoms with Crippen molar-refractivity contribution in [1.29, 1.82) is 0 Å². The molecule has 0 unspecified atom stereocenters. The number of carbonyl (C=O) groups excluding carboxylic acids is 1. The van der Waals surface area contributed by atoms with Crippen LogP contribution in [0.1, 0.15) is 15.9 Å². The maximum absolute atomic E-state index is 12.8. The zero-order chi connectivity index (χ0) is 22.7. The molecular formula is C24H18Cl2N4OS. The van der Waals surface area contributed by atoms with Crippen LogP contribution < -0.4 is 11.1 Å². The highest BCUT2D eigenvalue weighted by atomic mass is 35.5. The van der Waals surface area contributed by atoms with Gasteiger partial charge >= 0.3 is 0 Å². The molecular weight excluding hydrogens is 463 g/mol. The fraction of sp³-hybridized carbons (Fsp3) is 0.0417. The Kier molecular flexibility index (Phi) is 6.65. The van der Waals surface area contributed by atoms with Crippen molar-refractivity contribution in [1.82, 2.24) is 9.97 Å². The molecule has 1 amide bonds. The molecule has 0 fully saturated rings. The molecule has 0 spiro atoms. The lowest BCUT2D eigenvalue weighted by Crippen LogP contribution is -2.15. The van der Waals surface area contributed by atoms with E-state index in [1.165, 1.54) is 11.8 Å². The van der Waals surface area contributed by atoms with E-state index in [0.717, 1.165) is 16.0 Å². The van der Waals surface area contributed by atoms with Crippen molar-refractivity contribution in [3.05, 3.63) is 94.0 Å². The molecule has 3 aromatic carbocycles. The van der Waals surface area contributed by atoms with Crippen LogP contribution in [0.2, 0.25) is 10.0 Å². The van der Waals surface area contributed by atoms with Crippen LogP contribution in [0.25, 0.3) is 11.4 Å². The van der Waals surface area contributed by atoms with E-state index in [0.29, 0.717) is 32.1 Å². The van der Waals surface area contributed by atoms with Gasteiger partial charge < -0.3 is 11.1 Å². The van der Waals surface area contributed by atoms with Crippen LogP contribution in [0.5, 0.6) is 0 Å². The molecule has 0 bridgehead atoms. The van der Waals surface area contributed by atoms with Crippen molar-refractivity contribution in [2.24, 2.45) is 0 Å². The molecule has 160 valence electrons. The van der Waals surface area contributed by atoms with Crippen molar-refractivity contribution in [2.75, 3.05) is 11.1 Å². The highest BCUT2D eigenvalue weighted by Crippen LogP contribution is 2.37. The lowest BCUT2D eigenvalue weighted by molar-refractivity contribution is 0.102. The monoisotopic (exact) mass is 480 g/mol. The summed E-state index contributed by atoms with van der Waals surface area (Å²) in [5.41, 5.74) is 9.05. The number of nitrogens with zero attached hydrogens (tertiary/aromatic N) is 2. The van der Waals surface area contributed by atoms with Crippen LogP contribution in [-0.4, -0.2) is 15.9 Å². The molecule has 0 saturated carbocycles. The number of aryl methyl sites for hydroxylation is 1. The molecule has 4 aromatic rings. The van der Waals surface area contributed by atoms with Gasteiger partial charge in [-0.2, -0.15) is 0 Å². The molecule has 32 heavy (non-hydrogen) atoms. The Hall–Kier alpha value is -3.06. The van der Waals surface area contributed by atoms with Gasteiger partial charge in [-0.1, -0.05) is 64.8 Å². The lowest BCUT2D eigenvalue weighted by Gasteiger charge is -2.14. The average molecular weight is 481 g/mol. The summed E-state index contributed by atoms with van der Waals surface area (Å²) in [5.74, 6) is 0.316. The summed E-state index contributed by atoms with van der Waals surface area (Å²) in [4.78, 5) is 22.9. The summed E-state index contributed by atoms with van der Waals surface area (Å²) in [5, 5.41) is 4.56. The molecule has 3 N–H and O–H groups in total. The molecule has 1 aromatic heterocycles. The number of hydrogen-bond donors (Lipinski definition) is 2. The second-order valence-corrected chi connectivity index (χ2v) is 8.93. The molecule has 8 heteroatoms. The predicted octanol–water partition coefficient (Wildman–Crippen LogP) is 6.74. The van der Waals surface area contributed by atoms with Gasteiger partial charge in [0.15, 0.2) is 11.6 Å². The zero-order valence-electron chi connectivity index (χ0n) is 17.0. The maximum Gasteiger partial charge on any atom is 0.255 e. The van der Waals surface area contributed by atoms with E-state index in [-0.39, 0.29) is 11.7 Å². The SMILES string of the molecule is Cc1ccc(-c2nc(N)c(NC(=O)c3ccc(Cl)cc3)c(Sc3ccc(Cl)cc3)n2)cc1. The third-order valence-electron chi connectivity index (χ3n) is 4.59. The smallest absolute Gasteiger partial charge is 0.255 e. The second kappa shape index (κ2) is 9.61. The average Bonchev–Trinajstić information content (AvgIpc) is 2.78. The van der Waals surface area contributed by atoms with E-state index in [9.17, 15) is 4.79 Å². The van der Waals surface area contributed by atoms with Crippen molar-refractivity contribution in [3.63, 3.8) is 0 Å². The van der Waals surface area contributed by atoms with Crippen molar-refractivity contribution in [3.8, 4) is 11.4 Å². The second-order valence-electron chi connectivity index (χ2n) is 7.00. The van der Waals surface area contributed by atoms with Gasteiger partial charge in [0.1, 0.15) is 10.7 Å². The molecule has 0 aliphatic carbocycles. The van der Waals surface area contributed by atoms with E-state index in [1.54, 1.807) is 36.4 Å². The third-order valence-corrected chi connectivity index (χ3v) is 6.09. The Morgan fingerprint density at radius 1 is 0.875 bits per heavy atom. The van der Waals surface area contributed by atoms with E-state index in [4.69, 9.17) is 33.9 Å². The third kappa shape index (κ3) is 5.22. The standard InChI is InChI=1S/C24H18Cl2N4OS/c1-14-2-4-15(5-3-14)22-29-21(27)20(28-23(31)16-6-8-17(25)9-7-16)24(30-22)32-19-12-10-18(26)11-13-19/h2-13H,1H3,(H,28,31)(H2,27,29,30). The summed E-state index contributed by atoms with van der Waals surface area (Å²) >= 11 is 13.3. The summed E-state index contributed by atoms with van der Waals surface area (Å²) in [6.07, 6.45) is 0. The number of anilines is 2. The molecule has 1 heterocycles. The van der Waals surface area contributed by atoms with Gasteiger partial charge in [0.2, 0.25) is 0 Å². The van der Waals surface area contributed by atoms with Crippen molar-refractivity contribution in [2.45, 2.75) is 16.8 Å². The van der Waals surface area contributed by atoms with Gasteiger partial charge in [0.05, 0.1) is 0 Å². The normalized spacial score (nSPS) is 10.7. The van der Waals surface area contributed by atoms with Gasteiger partial charge in [0, 0.05) is 26.1 Å². The minimum Gasteiger partial charge on any atom is -0.382 e. The summed E-state index contributed by atoms with van der Waals surface area (Å²) in [6.45, 7) is 2.01. The van der Waals surface area contributed by atoms with E-state index in [1.807, 2.05) is 43.3 Å². The first kappa shape index (κ1) is 22.1. The number of nitrogens with one attached hydrogen (secondary N) is 1. The first-order chi connectivity index (χ1) is 15.4. The fourth-order valence-electron chi connectivity index (χ4n) is 2.88. The van der Waals surface area contributed by atoms with Gasteiger partial charge in [-0.3, -0.25) is 4.79 Å². The van der Waals surface area contributed by atoms with Crippen molar-refractivity contribution >= 4 is 52.4 Å². The number of amides is 1. The number of nitrogen functional groups attached to an aromatic ring is 1. The largest absolute Gasteiger partial charge is 0.382 e. The lowest BCUT2D eigenvalue weighted by atomic mass is 10.1. The van der Waals surface area contributed by atoms with Gasteiger partial charge in [-0.25, -0.2) is 9.97 Å². The topological polar surface area (TPSA) is 80.9 Å².